The molecule has 40 heavy (non-hydrogen) atoms. The molecule has 0 aliphatic rings. The Labute approximate surface area is 248 Å². The largest absolute Gasteiger partial charge is 0.493 e. The van der Waals surface area contributed by atoms with Crippen molar-refractivity contribution >= 4 is 12.2 Å². The van der Waals surface area contributed by atoms with Gasteiger partial charge in [-0.15, -0.1) is 0 Å². The summed E-state index contributed by atoms with van der Waals surface area (Å²) in [5.41, 5.74) is 2.33. The first-order valence-corrected chi connectivity index (χ1v) is 17.0. The Kier molecular flexibility index (Phi) is 20.9. The van der Waals surface area contributed by atoms with Crippen LogP contribution in [0.4, 0.5) is 0 Å². The van der Waals surface area contributed by atoms with Gasteiger partial charge in [-0.05, 0) is 36.1 Å². The molecule has 0 fully saturated rings. The van der Waals surface area contributed by atoms with Gasteiger partial charge in [0.15, 0.2) is 0 Å². The molecule has 0 heterocycles. The molecule has 0 spiro atoms. The number of hydrogen-bond donors (Lipinski definition) is 0. The molecular weight excluding hydrogens is 488 g/mol. The molecule has 0 N–H and O–H groups in total. The molecule has 0 amide bonds. The lowest BCUT2D eigenvalue weighted by Gasteiger charge is -2.12. The highest BCUT2D eigenvalue weighted by molar-refractivity contribution is 5.71. The SMILES string of the molecule is CCCCCCCCCCCCOc1cc(/C=C/c2ccccc2)cc(OCCCCCCCCCCCC)c1. The van der Waals surface area contributed by atoms with Gasteiger partial charge in [0.2, 0.25) is 0 Å². The van der Waals surface area contributed by atoms with Crippen molar-refractivity contribution in [2.75, 3.05) is 13.2 Å². The molecule has 0 radical (unpaired) electrons. The molecule has 0 unspecified atom stereocenters. The summed E-state index contributed by atoms with van der Waals surface area (Å²) in [6, 6.07) is 16.8. The molecule has 0 saturated heterocycles. The molecule has 2 rings (SSSR count). The van der Waals surface area contributed by atoms with Crippen molar-refractivity contribution in [1.29, 1.82) is 0 Å². The number of benzene rings is 2. The summed E-state index contributed by atoms with van der Waals surface area (Å²) >= 11 is 0. The fraction of sp³-hybridized carbons (Fsp3) is 0.632. The number of hydrogen-bond acceptors (Lipinski definition) is 2. The zero-order valence-corrected chi connectivity index (χ0v) is 26.1. The third-order valence-electron chi connectivity index (χ3n) is 7.70. The normalized spacial score (nSPS) is 11.3. The van der Waals surface area contributed by atoms with Gasteiger partial charge in [0, 0.05) is 6.07 Å². The maximum absolute atomic E-state index is 6.20. The van der Waals surface area contributed by atoms with Crippen molar-refractivity contribution in [3.8, 4) is 11.5 Å². The van der Waals surface area contributed by atoms with Crippen molar-refractivity contribution in [3.05, 3.63) is 59.7 Å². The van der Waals surface area contributed by atoms with Crippen LogP contribution >= 0.6 is 0 Å². The van der Waals surface area contributed by atoms with E-state index in [9.17, 15) is 0 Å². The molecule has 0 aromatic heterocycles. The van der Waals surface area contributed by atoms with Crippen LogP contribution < -0.4 is 9.47 Å². The zero-order valence-electron chi connectivity index (χ0n) is 26.1. The van der Waals surface area contributed by atoms with Gasteiger partial charge in [-0.1, -0.05) is 172 Å². The van der Waals surface area contributed by atoms with Gasteiger partial charge in [-0.25, -0.2) is 0 Å². The first kappa shape index (κ1) is 34.0. The average Bonchev–Trinajstić information content (AvgIpc) is 2.98. The second-order valence-corrected chi connectivity index (χ2v) is 11.5. The molecule has 224 valence electrons. The molecule has 2 nitrogen and oxygen atoms in total. The predicted molar refractivity (Wildman–Crippen MR) is 176 cm³/mol. The molecule has 2 aromatic rings. The van der Waals surface area contributed by atoms with Crippen LogP contribution in [0.5, 0.6) is 11.5 Å². The standard InChI is InChI=1S/C38H60O2/c1-3-5-7-9-11-13-15-17-19-24-30-39-37-32-36(29-28-35-26-22-21-23-27-35)33-38(34-37)40-31-25-20-18-16-14-12-10-8-6-4-2/h21-23,26-29,32-34H,3-20,24-25,30-31H2,1-2H3/b29-28+. The number of unbranched alkanes of at least 4 members (excludes halogenated alkanes) is 18. The third-order valence-corrected chi connectivity index (χ3v) is 7.70. The Morgan fingerprint density at radius 1 is 0.425 bits per heavy atom. The van der Waals surface area contributed by atoms with E-state index in [1.165, 1.54) is 121 Å². The van der Waals surface area contributed by atoms with Crippen LogP contribution in [0.25, 0.3) is 12.2 Å². The molecule has 2 aromatic carbocycles. The second-order valence-electron chi connectivity index (χ2n) is 11.5. The smallest absolute Gasteiger partial charge is 0.123 e. The van der Waals surface area contributed by atoms with E-state index in [0.29, 0.717) is 0 Å². The van der Waals surface area contributed by atoms with Crippen LogP contribution in [0.15, 0.2) is 48.5 Å². The average molecular weight is 549 g/mol. The van der Waals surface area contributed by atoms with Gasteiger partial charge >= 0.3 is 0 Å². The highest BCUT2D eigenvalue weighted by atomic mass is 16.5. The van der Waals surface area contributed by atoms with Crippen molar-refractivity contribution < 1.29 is 9.47 Å². The first-order chi connectivity index (χ1) is 19.8. The van der Waals surface area contributed by atoms with E-state index in [-0.39, 0.29) is 0 Å². The summed E-state index contributed by atoms with van der Waals surface area (Å²) in [4.78, 5) is 0. The Morgan fingerprint density at radius 2 is 0.800 bits per heavy atom. The van der Waals surface area contributed by atoms with Crippen LogP contribution in [0.2, 0.25) is 0 Å². The van der Waals surface area contributed by atoms with Gasteiger partial charge in [0.05, 0.1) is 13.2 Å². The van der Waals surface area contributed by atoms with Crippen molar-refractivity contribution in [1.82, 2.24) is 0 Å². The second kappa shape index (κ2) is 24.6. The summed E-state index contributed by atoms with van der Waals surface area (Å²) < 4.78 is 12.4. The molecular formula is C38H60O2. The van der Waals surface area contributed by atoms with E-state index >= 15 is 0 Å². The molecule has 0 aliphatic heterocycles. The first-order valence-electron chi connectivity index (χ1n) is 17.0. The van der Waals surface area contributed by atoms with E-state index in [4.69, 9.17) is 9.47 Å². The maximum atomic E-state index is 6.20. The topological polar surface area (TPSA) is 18.5 Å². The van der Waals surface area contributed by atoms with Crippen LogP contribution in [-0.4, -0.2) is 13.2 Å². The fourth-order valence-corrected chi connectivity index (χ4v) is 5.17. The van der Waals surface area contributed by atoms with Crippen LogP contribution in [0.1, 0.15) is 153 Å². The van der Waals surface area contributed by atoms with E-state index < -0.39 is 0 Å². The lowest BCUT2D eigenvalue weighted by atomic mass is 10.1. The minimum absolute atomic E-state index is 0.778. The Balaban J connectivity index is 1.72. The molecule has 0 aliphatic carbocycles. The van der Waals surface area contributed by atoms with Crippen LogP contribution in [0, 0.1) is 0 Å². The van der Waals surface area contributed by atoms with Gasteiger partial charge in [-0.3, -0.25) is 0 Å². The minimum Gasteiger partial charge on any atom is -0.493 e. The zero-order chi connectivity index (χ0) is 28.4. The molecule has 0 bridgehead atoms. The van der Waals surface area contributed by atoms with Crippen molar-refractivity contribution in [2.45, 2.75) is 142 Å². The highest BCUT2D eigenvalue weighted by Crippen LogP contribution is 2.25. The quantitative estimate of drug-likeness (QED) is 0.0859. The lowest BCUT2D eigenvalue weighted by Crippen LogP contribution is -2.00. The van der Waals surface area contributed by atoms with Gasteiger partial charge in [-0.2, -0.15) is 0 Å². The van der Waals surface area contributed by atoms with Crippen LogP contribution in [0.3, 0.4) is 0 Å². The third kappa shape index (κ3) is 18.2. The maximum Gasteiger partial charge on any atom is 0.123 e. The van der Waals surface area contributed by atoms with Crippen molar-refractivity contribution in [3.63, 3.8) is 0 Å². The van der Waals surface area contributed by atoms with E-state index in [1.54, 1.807) is 0 Å². The van der Waals surface area contributed by atoms with E-state index in [1.807, 2.05) is 0 Å². The Hall–Kier alpha value is -2.22. The van der Waals surface area contributed by atoms with Crippen LogP contribution in [-0.2, 0) is 0 Å². The monoisotopic (exact) mass is 548 g/mol. The van der Waals surface area contributed by atoms with Crippen molar-refractivity contribution in [2.24, 2.45) is 0 Å². The number of ether oxygens (including phenoxy) is 2. The highest BCUT2D eigenvalue weighted by Gasteiger charge is 2.03. The van der Waals surface area contributed by atoms with E-state index in [2.05, 4.69) is 74.5 Å². The lowest BCUT2D eigenvalue weighted by molar-refractivity contribution is 0.289. The summed E-state index contributed by atoms with van der Waals surface area (Å²) in [6.45, 7) is 6.13. The molecule has 2 heteroatoms. The summed E-state index contributed by atoms with van der Waals surface area (Å²) in [7, 11) is 0. The molecule has 0 atom stereocenters. The summed E-state index contributed by atoms with van der Waals surface area (Å²) in [6.07, 6.45) is 31.1. The van der Waals surface area contributed by atoms with Gasteiger partial charge < -0.3 is 9.47 Å². The van der Waals surface area contributed by atoms with Gasteiger partial charge in [0.1, 0.15) is 11.5 Å². The fourth-order valence-electron chi connectivity index (χ4n) is 5.17. The number of rotatable bonds is 26. The summed E-state index contributed by atoms with van der Waals surface area (Å²) in [5.74, 6) is 1.84. The van der Waals surface area contributed by atoms with E-state index in [0.717, 1.165) is 43.1 Å². The minimum atomic E-state index is 0.778. The predicted octanol–water partition coefficient (Wildman–Crippen LogP) is 12.5. The Morgan fingerprint density at radius 3 is 1.23 bits per heavy atom. The van der Waals surface area contributed by atoms with Gasteiger partial charge in [0.25, 0.3) is 0 Å². The summed E-state index contributed by atoms with van der Waals surface area (Å²) in [5, 5.41) is 0. The molecule has 0 saturated carbocycles. The Bertz CT molecular complexity index is 813.